The Bertz CT molecular complexity index is 590. The van der Waals surface area contributed by atoms with Crippen LogP contribution >= 0.6 is 0 Å². The van der Waals surface area contributed by atoms with Gasteiger partial charge in [-0.15, -0.1) is 0 Å². The Morgan fingerprint density at radius 3 is 1.86 bits per heavy atom. The van der Waals surface area contributed by atoms with E-state index >= 15 is 0 Å². The number of ketones is 1. The highest BCUT2D eigenvalue weighted by Gasteiger charge is 2.31. The van der Waals surface area contributed by atoms with E-state index in [0.29, 0.717) is 11.8 Å². The van der Waals surface area contributed by atoms with Crippen LogP contribution in [0.1, 0.15) is 111 Å². The lowest BCUT2D eigenvalue weighted by molar-refractivity contribution is -0.130. The van der Waals surface area contributed by atoms with Gasteiger partial charge in [0, 0.05) is 7.11 Å². The summed E-state index contributed by atoms with van der Waals surface area (Å²) < 4.78 is 0. The molecule has 218 valence electrons. The van der Waals surface area contributed by atoms with E-state index in [-0.39, 0.29) is 29.8 Å². The van der Waals surface area contributed by atoms with Gasteiger partial charge in [0.05, 0.1) is 18.1 Å². The number of Topliss-reactive ketones (excluding diaryl/α,β-unsaturated/α-hetero) is 1. The Morgan fingerprint density at radius 1 is 0.973 bits per heavy atom. The summed E-state index contributed by atoms with van der Waals surface area (Å²) in [5.41, 5.74) is 5.58. The van der Waals surface area contributed by atoms with Gasteiger partial charge in [0.15, 0.2) is 5.78 Å². The maximum absolute atomic E-state index is 12.2. The number of likely N-dealkylation sites (N-methyl/N-ethyl adjacent to an activating group) is 1. The van der Waals surface area contributed by atoms with Gasteiger partial charge in [-0.1, -0.05) is 65.2 Å². The second-order valence-corrected chi connectivity index (χ2v) is 10.2. The van der Waals surface area contributed by atoms with Crippen LogP contribution in [0, 0.1) is 11.8 Å². The average Bonchev–Trinajstić information content (AvgIpc) is 3.33. The molecule has 3 fully saturated rings. The first-order valence-electron chi connectivity index (χ1n) is 14.3. The molecule has 2 aliphatic carbocycles. The predicted molar refractivity (Wildman–Crippen MR) is 151 cm³/mol. The molecule has 1 aliphatic heterocycles. The molecule has 1 saturated heterocycles. The molecule has 1 heterocycles. The summed E-state index contributed by atoms with van der Waals surface area (Å²) in [5, 5.41) is 9.96. The molecule has 0 aromatic rings. The van der Waals surface area contributed by atoms with E-state index in [1.165, 1.54) is 58.3 Å². The molecule has 3 unspecified atom stereocenters. The van der Waals surface area contributed by atoms with Gasteiger partial charge in [0.1, 0.15) is 12.6 Å². The Balaban J connectivity index is 0. The first-order valence-corrected chi connectivity index (χ1v) is 14.3. The summed E-state index contributed by atoms with van der Waals surface area (Å²) in [6, 6.07) is -0.495. The van der Waals surface area contributed by atoms with Crippen molar-refractivity contribution in [2.45, 2.75) is 129 Å². The lowest BCUT2D eigenvalue weighted by Crippen LogP contribution is -2.49. The summed E-state index contributed by atoms with van der Waals surface area (Å²) in [6.07, 6.45) is 16.9. The molecule has 0 bridgehead atoms. The van der Waals surface area contributed by atoms with Crippen molar-refractivity contribution in [1.29, 1.82) is 0 Å². The summed E-state index contributed by atoms with van der Waals surface area (Å²) in [4.78, 5) is 44.9. The number of unbranched alkanes of at least 4 members (excludes halogenated alkanes) is 1. The molecule has 0 aromatic carbocycles. The fraction of sp³-hybridized carbons (Fsp3) is 0.862. The highest BCUT2D eigenvalue weighted by molar-refractivity contribution is 5.89. The number of nitrogens with two attached hydrogens (primary N) is 1. The second kappa shape index (κ2) is 24.7. The van der Waals surface area contributed by atoms with Gasteiger partial charge < -0.3 is 25.7 Å². The molecule has 2 saturated carbocycles. The van der Waals surface area contributed by atoms with Crippen LogP contribution in [0.5, 0.6) is 0 Å². The van der Waals surface area contributed by atoms with E-state index in [0.717, 1.165) is 58.3 Å². The number of nitrogens with zero attached hydrogens (tertiary/aromatic N) is 1. The number of hydrogen-bond donors (Lipinski definition) is 3. The first-order chi connectivity index (χ1) is 17.7. The van der Waals surface area contributed by atoms with Crippen molar-refractivity contribution < 1.29 is 24.3 Å². The maximum Gasteiger partial charge on any atom is 0.237 e. The SMILES string of the molecule is CC(=O)C(CC1CCC1)NC(=O)C1CCCN1C.CC=O.CCCC.CO.NC(C=O)C1CCCCC1. The van der Waals surface area contributed by atoms with Crippen LogP contribution in [-0.4, -0.2) is 73.1 Å². The number of aliphatic hydroxyl groups is 1. The minimum atomic E-state index is -0.267. The number of likely N-dealkylation sites (tertiary alicyclic amines) is 1. The number of aldehydes is 2. The molecule has 0 aromatic heterocycles. The van der Waals surface area contributed by atoms with E-state index in [9.17, 15) is 14.4 Å². The largest absolute Gasteiger partial charge is 0.400 e. The van der Waals surface area contributed by atoms with Crippen LogP contribution in [0.4, 0.5) is 0 Å². The molecule has 8 heteroatoms. The third-order valence-corrected chi connectivity index (χ3v) is 7.28. The quantitative estimate of drug-likeness (QED) is 0.406. The van der Waals surface area contributed by atoms with Crippen LogP contribution < -0.4 is 11.1 Å². The van der Waals surface area contributed by atoms with Gasteiger partial charge in [-0.3, -0.25) is 14.5 Å². The van der Waals surface area contributed by atoms with Gasteiger partial charge >= 0.3 is 0 Å². The molecule has 1 amide bonds. The van der Waals surface area contributed by atoms with Crippen molar-refractivity contribution in [1.82, 2.24) is 10.2 Å². The second-order valence-electron chi connectivity index (χ2n) is 10.2. The number of rotatable bonds is 8. The van der Waals surface area contributed by atoms with Crippen molar-refractivity contribution in [3.63, 3.8) is 0 Å². The number of aliphatic hydroxyl groups excluding tert-OH is 1. The van der Waals surface area contributed by atoms with Crippen molar-refractivity contribution in [2.75, 3.05) is 20.7 Å². The third-order valence-electron chi connectivity index (χ3n) is 7.28. The van der Waals surface area contributed by atoms with Gasteiger partial charge in [0.2, 0.25) is 5.91 Å². The van der Waals surface area contributed by atoms with Crippen molar-refractivity contribution in [3.8, 4) is 0 Å². The van der Waals surface area contributed by atoms with E-state index < -0.39 is 0 Å². The maximum atomic E-state index is 12.2. The molecule has 4 N–H and O–H groups in total. The Labute approximate surface area is 226 Å². The first kappa shape index (κ1) is 37.5. The van der Waals surface area contributed by atoms with Crippen LogP contribution in [0.2, 0.25) is 0 Å². The van der Waals surface area contributed by atoms with Crippen molar-refractivity contribution in [3.05, 3.63) is 0 Å². The van der Waals surface area contributed by atoms with Gasteiger partial charge in [-0.05, 0) is 71.4 Å². The predicted octanol–water partition coefficient (Wildman–Crippen LogP) is 4.06. The fourth-order valence-corrected chi connectivity index (χ4v) is 4.53. The Kier molecular flexibility index (Phi) is 25.0. The molecule has 0 spiro atoms. The smallest absolute Gasteiger partial charge is 0.237 e. The minimum absolute atomic E-state index is 0.0340. The van der Waals surface area contributed by atoms with Crippen molar-refractivity contribution in [2.24, 2.45) is 17.6 Å². The van der Waals surface area contributed by atoms with Crippen LogP contribution in [0.25, 0.3) is 0 Å². The fourth-order valence-electron chi connectivity index (χ4n) is 4.53. The van der Waals surface area contributed by atoms with Gasteiger partial charge in [0.25, 0.3) is 0 Å². The average molecular weight is 528 g/mol. The molecule has 3 aliphatic rings. The van der Waals surface area contributed by atoms with Crippen LogP contribution in [0.3, 0.4) is 0 Å². The number of amides is 1. The Morgan fingerprint density at radius 2 is 1.51 bits per heavy atom. The highest BCUT2D eigenvalue weighted by atomic mass is 16.2. The molecule has 8 nitrogen and oxygen atoms in total. The molecular formula is C29H57N3O5. The molecule has 3 atom stereocenters. The number of carbonyl (C=O) groups excluding carboxylic acids is 4. The normalized spacial score (nSPS) is 20.8. The topological polar surface area (TPSA) is 130 Å². The van der Waals surface area contributed by atoms with E-state index in [1.54, 1.807) is 6.92 Å². The molecule has 0 radical (unpaired) electrons. The minimum Gasteiger partial charge on any atom is -0.400 e. The van der Waals surface area contributed by atoms with Crippen molar-refractivity contribution >= 4 is 24.3 Å². The molecule has 37 heavy (non-hydrogen) atoms. The zero-order valence-corrected chi connectivity index (χ0v) is 24.5. The monoisotopic (exact) mass is 527 g/mol. The zero-order chi connectivity index (χ0) is 28.6. The van der Waals surface area contributed by atoms with E-state index in [1.807, 2.05) is 7.05 Å². The number of hydrogen-bond acceptors (Lipinski definition) is 7. The standard InChI is InChI=1S/C14H24N2O2.C8H15NO.C4H10.C2H4O.CH4O/c1-10(17)12(9-11-5-3-6-11)15-14(18)13-7-4-8-16(13)2;9-8(6-10)7-4-2-1-3-5-7;1-3-4-2;1-2-3;1-2/h11-13H,3-9H2,1-2H3,(H,15,18);6-8H,1-5,9H2;3-4H2,1-2H3;2H,1H3;2H,1H3. The Hall–Kier alpha value is -1.64. The van der Waals surface area contributed by atoms with E-state index in [4.69, 9.17) is 15.6 Å². The summed E-state index contributed by atoms with van der Waals surface area (Å²) in [7, 11) is 2.98. The summed E-state index contributed by atoms with van der Waals surface area (Å²) in [6.45, 7) is 8.37. The van der Waals surface area contributed by atoms with Gasteiger partial charge in [-0.2, -0.15) is 0 Å². The number of carbonyl (C=O) groups is 4. The van der Waals surface area contributed by atoms with E-state index in [2.05, 4.69) is 24.1 Å². The van der Waals surface area contributed by atoms with Crippen LogP contribution in [0.15, 0.2) is 0 Å². The third kappa shape index (κ3) is 17.5. The highest BCUT2D eigenvalue weighted by Crippen LogP contribution is 2.30. The lowest BCUT2D eigenvalue weighted by atomic mass is 9.80. The van der Waals surface area contributed by atoms with Gasteiger partial charge in [-0.25, -0.2) is 0 Å². The zero-order valence-electron chi connectivity index (χ0n) is 24.5. The number of nitrogens with one attached hydrogen (secondary N) is 1. The summed E-state index contributed by atoms with van der Waals surface area (Å²) >= 11 is 0. The molecular weight excluding hydrogens is 470 g/mol. The molecule has 3 rings (SSSR count). The van der Waals surface area contributed by atoms with Crippen LogP contribution in [-0.2, 0) is 19.2 Å². The lowest BCUT2D eigenvalue weighted by Gasteiger charge is -2.30. The summed E-state index contributed by atoms with van der Waals surface area (Å²) in [5.74, 6) is 1.25.